The Morgan fingerprint density at radius 2 is 1.81 bits per heavy atom. The Labute approximate surface area is 153 Å². The lowest BCUT2D eigenvalue weighted by atomic mass is 10.1. The van der Waals surface area contributed by atoms with Gasteiger partial charge in [-0.3, -0.25) is 4.79 Å². The zero-order valence-electron chi connectivity index (χ0n) is 14.4. The average molecular weight is 378 g/mol. The molecule has 0 aliphatic heterocycles. The second kappa shape index (κ2) is 7.38. The Bertz CT molecular complexity index is 849. The summed E-state index contributed by atoms with van der Waals surface area (Å²) in [5.74, 6) is -1.37. The zero-order chi connectivity index (χ0) is 19.6. The summed E-state index contributed by atoms with van der Waals surface area (Å²) in [6.07, 6.45) is -4.07. The van der Waals surface area contributed by atoms with Crippen molar-refractivity contribution in [2.45, 2.75) is 38.1 Å². The van der Waals surface area contributed by atoms with Crippen LogP contribution < -0.4 is 5.32 Å². The van der Waals surface area contributed by atoms with E-state index >= 15 is 0 Å². The standard InChI is InChI=1S/C19H17F3N2O3/c1-11-14(9-10-15(23-11)19(20,21)22)18(26)27-16(12-5-3-2-4-6-12)17(25)24-13-7-8-13/h2-6,9-10,13,16H,7-8H2,1H3,(H,24,25)/t16-/m0/s1. The monoisotopic (exact) mass is 378 g/mol. The maximum Gasteiger partial charge on any atom is 0.433 e. The number of carbonyl (C=O) groups excluding carboxylic acids is 2. The number of nitrogens with zero attached hydrogens (tertiary/aromatic N) is 1. The lowest BCUT2D eigenvalue weighted by Crippen LogP contribution is -2.33. The van der Waals surface area contributed by atoms with E-state index in [2.05, 4.69) is 10.3 Å². The second-order valence-corrected chi connectivity index (χ2v) is 6.31. The Kier molecular flexibility index (Phi) is 5.16. The Balaban J connectivity index is 1.83. The van der Waals surface area contributed by atoms with E-state index in [-0.39, 0.29) is 17.3 Å². The average Bonchev–Trinajstić information content (AvgIpc) is 3.43. The minimum Gasteiger partial charge on any atom is -0.444 e. The first kappa shape index (κ1) is 18.9. The highest BCUT2D eigenvalue weighted by Crippen LogP contribution is 2.29. The number of pyridine rings is 1. The highest BCUT2D eigenvalue weighted by molar-refractivity contribution is 5.93. The molecule has 1 N–H and O–H groups in total. The van der Waals surface area contributed by atoms with Crippen LogP contribution in [0.5, 0.6) is 0 Å². The molecule has 0 unspecified atom stereocenters. The number of carbonyl (C=O) groups is 2. The van der Waals surface area contributed by atoms with Gasteiger partial charge in [0.05, 0.1) is 11.3 Å². The molecule has 27 heavy (non-hydrogen) atoms. The first-order valence-corrected chi connectivity index (χ1v) is 8.37. The van der Waals surface area contributed by atoms with E-state index in [0.717, 1.165) is 18.9 Å². The molecule has 1 aromatic heterocycles. The number of nitrogens with one attached hydrogen (secondary N) is 1. The summed E-state index contributed by atoms with van der Waals surface area (Å²) in [5, 5.41) is 2.77. The van der Waals surface area contributed by atoms with Crippen LogP contribution in [0.2, 0.25) is 0 Å². The van der Waals surface area contributed by atoms with Gasteiger partial charge in [-0.05, 0) is 31.9 Å². The molecule has 1 aliphatic rings. The van der Waals surface area contributed by atoms with E-state index < -0.39 is 29.9 Å². The minimum absolute atomic E-state index is 0.0666. The number of amides is 1. The summed E-state index contributed by atoms with van der Waals surface area (Å²) in [7, 11) is 0. The molecule has 1 fully saturated rings. The Morgan fingerprint density at radius 3 is 2.37 bits per heavy atom. The van der Waals surface area contributed by atoms with E-state index in [1.54, 1.807) is 30.3 Å². The van der Waals surface area contributed by atoms with Crippen LogP contribution >= 0.6 is 0 Å². The van der Waals surface area contributed by atoms with Crippen LogP contribution in [0.1, 0.15) is 46.3 Å². The van der Waals surface area contributed by atoms with Crippen molar-refractivity contribution in [2.24, 2.45) is 0 Å². The molecule has 0 saturated heterocycles. The van der Waals surface area contributed by atoms with Crippen molar-refractivity contribution in [3.05, 3.63) is 65.0 Å². The fourth-order valence-electron chi connectivity index (χ4n) is 2.51. The molecule has 1 atom stereocenters. The van der Waals surface area contributed by atoms with Crippen LogP contribution in [0.4, 0.5) is 13.2 Å². The molecule has 142 valence electrons. The van der Waals surface area contributed by atoms with E-state index in [1.165, 1.54) is 6.92 Å². The van der Waals surface area contributed by atoms with Gasteiger partial charge in [0, 0.05) is 11.6 Å². The number of hydrogen-bond donors (Lipinski definition) is 1. The summed E-state index contributed by atoms with van der Waals surface area (Å²) >= 11 is 0. The van der Waals surface area contributed by atoms with Gasteiger partial charge >= 0.3 is 12.1 Å². The third kappa shape index (κ3) is 4.64. The Hall–Kier alpha value is -2.90. The quantitative estimate of drug-likeness (QED) is 0.808. The zero-order valence-corrected chi connectivity index (χ0v) is 14.4. The molecule has 1 aliphatic carbocycles. The third-order valence-electron chi connectivity index (χ3n) is 4.09. The van der Waals surface area contributed by atoms with Gasteiger partial charge in [-0.1, -0.05) is 30.3 Å². The molecule has 0 bridgehead atoms. The van der Waals surface area contributed by atoms with Gasteiger partial charge in [0.2, 0.25) is 6.10 Å². The summed E-state index contributed by atoms with van der Waals surface area (Å²) in [6, 6.07) is 10.2. The van der Waals surface area contributed by atoms with Gasteiger partial charge in [0.1, 0.15) is 5.69 Å². The number of aromatic nitrogens is 1. The largest absolute Gasteiger partial charge is 0.444 e. The molecule has 1 aromatic carbocycles. The topological polar surface area (TPSA) is 68.3 Å². The van der Waals surface area contributed by atoms with Gasteiger partial charge in [-0.15, -0.1) is 0 Å². The molecule has 1 heterocycles. The Morgan fingerprint density at radius 1 is 1.15 bits per heavy atom. The SMILES string of the molecule is Cc1nc(C(F)(F)F)ccc1C(=O)O[C@H](C(=O)NC1CC1)c1ccccc1. The van der Waals surface area contributed by atoms with Crippen LogP contribution in [0, 0.1) is 6.92 Å². The molecule has 0 spiro atoms. The lowest BCUT2D eigenvalue weighted by molar-refractivity contribution is -0.141. The van der Waals surface area contributed by atoms with Crippen LogP contribution in [-0.2, 0) is 15.7 Å². The maximum atomic E-state index is 12.7. The predicted octanol–water partition coefficient (Wildman–Crippen LogP) is 3.59. The number of ether oxygens (including phenoxy) is 1. The summed E-state index contributed by atoms with van der Waals surface area (Å²) in [6.45, 7) is 1.29. The fourth-order valence-corrected chi connectivity index (χ4v) is 2.51. The van der Waals surface area contributed by atoms with Gasteiger partial charge in [0.15, 0.2) is 0 Å². The van der Waals surface area contributed by atoms with Crippen LogP contribution in [0.3, 0.4) is 0 Å². The van der Waals surface area contributed by atoms with E-state index in [0.29, 0.717) is 11.6 Å². The highest BCUT2D eigenvalue weighted by atomic mass is 19.4. The molecule has 5 nitrogen and oxygen atoms in total. The first-order valence-electron chi connectivity index (χ1n) is 8.37. The number of aryl methyl sites for hydroxylation is 1. The van der Waals surface area contributed by atoms with Gasteiger partial charge < -0.3 is 10.1 Å². The molecule has 2 aromatic rings. The molecule has 0 radical (unpaired) electrons. The summed E-state index contributed by atoms with van der Waals surface area (Å²) in [4.78, 5) is 28.4. The van der Waals surface area contributed by atoms with Gasteiger partial charge in [0.25, 0.3) is 5.91 Å². The first-order chi connectivity index (χ1) is 12.8. The summed E-state index contributed by atoms with van der Waals surface area (Å²) < 4.78 is 43.5. The van der Waals surface area contributed by atoms with Crippen molar-refractivity contribution in [3.8, 4) is 0 Å². The van der Waals surface area contributed by atoms with E-state index in [1.807, 2.05) is 0 Å². The molecular formula is C19H17F3N2O3. The van der Waals surface area contributed by atoms with Crippen molar-refractivity contribution in [1.29, 1.82) is 0 Å². The molecule has 8 heteroatoms. The number of rotatable bonds is 5. The number of halogens is 3. The third-order valence-corrected chi connectivity index (χ3v) is 4.09. The van der Waals surface area contributed by atoms with Gasteiger partial charge in [-0.25, -0.2) is 9.78 Å². The maximum absolute atomic E-state index is 12.7. The molecule has 3 rings (SSSR count). The van der Waals surface area contributed by atoms with Crippen LogP contribution in [0.15, 0.2) is 42.5 Å². The fraction of sp³-hybridized carbons (Fsp3) is 0.316. The molecule has 1 saturated carbocycles. The van der Waals surface area contributed by atoms with E-state index in [9.17, 15) is 22.8 Å². The van der Waals surface area contributed by atoms with Crippen LogP contribution in [-0.4, -0.2) is 22.9 Å². The van der Waals surface area contributed by atoms with Crippen molar-refractivity contribution >= 4 is 11.9 Å². The van der Waals surface area contributed by atoms with Crippen molar-refractivity contribution < 1.29 is 27.5 Å². The van der Waals surface area contributed by atoms with Crippen molar-refractivity contribution in [1.82, 2.24) is 10.3 Å². The lowest BCUT2D eigenvalue weighted by Gasteiger charge is -2.18. The number of alkyl halides is 3. The van der Waals surface area contributed by atoms with Crippen molar-refractivity contribution in [2.75, 3.05) is 0 Å². The molecule has 1 amide bonds. The number of esters is 1. The number of benzene rings is 1. The van der Waals surface area contributed by atoms with Crippen molar-refractivity contribution in [3.63, 3.8) is 0 Å². The second-order valence-electron chi connectivity index (χ2n) is 6.31. The van der Waals surface area contributed by atoms with E-state index in [4.69, 9.17) is 4.74 Å². The minimum atomic E-state index is -4.61. The van der Waals surface area contributed by atoms with Crippen LogP contribution in [0.25, 0.3) is 0 Å². The summed E-state index contributed by atoms with van der Waals surface area (Å²) in [5.41, 5.74) is -0.864. The normalized spacial score (nSPS) is 15.1. The predicted molar refractivity (Wildman–Crippen MR) is 89.7 cm³/mol. The molecular weight excluding hydrogens is 361 g/mol. The number of hydrogen-bond acceptors (Lipinski definition) is 4. The van der Waals surface area contributed by atoms with Gasteiger partial charge in [-0.2, -0.15) is 13.2 Å². The highest BCUT2D eigenvalue weighted by Gasteiger charge is 2.34. The smallest absolute Gasteiger partial charge is 0.433 e.